The molecule has 1 unspecified atom stereocenters. The summed E-state index contributed by atoms with van der Waals surface area (Å²) < 4.78 is 5.52. The van der Waals surface area contributed by atoms with Crippen LogP contribution in [0.2, 0.25) is 5.02 Å². The van der Waals surface area contributed by atoms with E-state index in [1.807, 2.05) is 30.3 Å². The largest absolute Gasteiger partial charge is 0.484 e. The Hall–Kier alpha value is -2.71. The van der Waals surface area contributed by atoms with E-state index in [0.29, 0.717) is 24.6 Å². The topological polar surface area (TPSA) is 65.4 Å². The summed E-state index contributed by atoms with van der Waals surface area (Å²) >= 11 is 6.13. The molecule has 1 N–H and O–H groups in total. The summed E-state index contributed by atoms with van der Waals surface area (Å²) in [5, 5.41) is 12.4. The van der Waals surface area contributed by atoms with Crippen molar-refractivity contribution < 1.29 is 9.53 Å². The molecule has 2 aromatic rings. The number of rotatable bonds is 7. The first-order chi connectivity index (χ1) is 13.5. The van der Waals surface area contributed by atoms with Gasteiger partial charge in [0.05, 0.1) is 12.5 Å². The molecule has 0 bridgehead atoms. The van der Waals surface area contributed by atoms with E-state index in [1.54, 1.807) is 12.1 Å². The second kappa shape index (κ2) is 9.48. The maximum Gasteiger partial charge on any atom is 0.257 e. The Balaban J connectivity index is 1.41. The lowest BCUT2D eigenvalue weighted by Gasteiger charge is -2.21. The number of hydrogen-bond acceptors (Lipinski definition) is 4. The summed E-state index contributed by atoms with van der Waals surface area (Å²) in [6.45, 7) is 4.59. The van der Waals surface area contributed by atoms with Gasteiger partial charge >= 0.3 is 0 Å². The lowest BCUT2D eigenvalue weighted by molar-refractivity contribution is -0.123. The maximum absolute atomic E-state index is 12.1. The van der Waals surface area contributed by atoms with Crippen LogP contribution in [0.4, 0.5) is 5.69 Å². The third-order valence-electron chi connectivity index (χ3n) is 4.96. The van der Waals surface area contributed by atoms with Gasteiger partial charge in [-0.05, 0) is 54.7 Å². The van der Waals surface area contributed by atoms with Crippen LogP contribution < -0.4 is 15.0 Å². The maximum atomic E-state index is 12.1. The Bertz CT molecular complexity index is 861. The minimum Gasteiger partial charge on any atom is -0.484 e. The third-order valence-corrected chi connectivity index (χ3v) is 5.20. The van der Waals surface area contributed by atoms with Crippen LogP contribution in [0.25, 0.3) is 0 Å². The van der Waals surface area contributed by atoms with Gasteiger partial charge in [-0.25, -0.2) is 0 Å². The predicted molar refractivity (Wildman–Crippen MR) is 111 cm³/mol. The van der Waals surface area contributed by atoms with Crippen LogP contribution in [0.15, 0.2) is 42.5 Å². The van der Waals surface area contributed by atoms with E-state index >= 15 is 0 Å². The van der Waals surface area contributed by atoms with Crippen LogP contribution >= 0.6 is 11.6 Å². The molecule has 1 amide bonds. The van der Waals surface area contributed by atoms with Gasteiger partial charge in [0.2, 0.25) is 0 Å². The molecule has 1 heterocycles. The van der Waals surface area contributed by atoms with E-state index in [2.05, 4.69) is 23.2 Å². The number of carbonyl (C=O) groups is 1. The highest BCUT2D eigenvalue weighted by atomic mass is 35.5. The monoisotopic (exact) mass is 397 g/mol. The summed E-state index contributed by atoms with van der Waals surface area (Å²) in [7, 11) is 0. The van der Waals surface area contributed by atoms with Gasteiger partial charge in [0.1, 0.15) is 5.75 Å². The highest BCUT2D eigenvalue weighted by Gasteiger charge is 2.24. The Labute approximate surface area is 170 Å². The fraction of sp³-hybridized carbons (Fsp3) is 0.364. The molecule has 3 rings (SSSR count). The molecule has 6 heteroatoms. The van der Waals surface area contributed by atoms with Gasteiger partial charge in [0.25, 0.3) is 5.91 Å². The van der Waals surface area contributed by atoms with Crippen molar-refractivity contribution in [3.63, 3.8) is 0 Å². The van der Waals surface area contributed by atoms with E-state index in [4.69, 9.17) is 21.6 Å². The zero-order valence-electron chi connectivity index (χ0n) is 16.0. The highest BCUT2D eigenvalue weighted by molar-refractivity contribution is 6.30. The fourth-order valence-electron chi connectivity index (χ4n) is 3.39. The average molecular weight is 398 g/mol. The van der Waals surface area contributed by atoms with E-state index in [0.717, 1.165) is 30.1 Å². The average Bonchev–Trinajstić information content (AvgIpc) is 3.17. The first kappa shape index (κ1) is 20.0. The number of hydrogen-bond donors (Lipinski definition) is 1. The number of nitrogens with zero attached hydrogens (tertiary/aromatic N) is 2. The number of amides is 1. The smallest absolute Gasteiger partial charge is 0.257 e. The van der Waals surface area contributed by atoms with Crippen molar-refractivity contribution in [1.82, 2.24) is 5.32 Å². The molecule has 1 fully saturated rings. The molecule has 0 radical (unpaired) electrons. The van der Waals surface area contributed by atoms with Crippen LogP contribution in [-0.4, -0.2) is 32.1 Å². The molecule has 1 aliphatic rings. The van der Waals surface area contributed by atoms with Crippen molar-refractivity contribution in [2.45, 2.75) is 19.8 Å². The predicted octanol–water partition coefficient (Wildman–Crippen LogP) is 3.74. The minimum absolute atomic E-state index is 0.0125. The van der Waals surface area contributed by atoms with Gasteiger partial charge in [0, 0.05) is 30.3 Å². The molecule has 146 valence electrons. The number of benzene rings is 2. The van der Waals surface area contributed by atoms with E-state index in [9.17, 15) is 4.79 Å². The van der Waals surface area contributed by atoms with Crippen molar-refractivity contribution in [2.24, 2.45) is 5.92 Å². The first-order valence-electron chi connectivity index (χ1n) is 9.41. The van der Waals surface area contributed by atoms with Crippen molar-refractivity contribution in [1.29, 1.82) is 5.26 Å². The first-order valence-corrected chi connectivity index (χ1v) is 9.79. The summed E-state index contributed by atoms with van der Waals surface area (Å²) in [5.41, 5.74) is 3.31. The summed E-state index contributed by atoms with van der Waals surface area (Å²) in [6, 6.07) is 15.3. The van der Waals surface area contributed by atoms with Crippen molar-refractivity contribution in [3.05, 3.63) is 58.6 Å². The van der Waals surface area contributed by atoms with Crippen LogP contribution in [0.1, 0.15) is 17.5 Å². The molecule has 0 aromatic heterocycles. The molecule has 0 aliphatic carbocycles. The van der Waals surface area contributed by atoms with Crippen LogP contribution in [0, 0.1) is 24.2 Å². The Morgan fingerprint density at radius 3 is 2.86 bits per heavy atom. The van der Waals surface area contributed by atoms with E-state index in [1.165, 1.54) is 11.3 Å². The van der Waals surface area contributed by atoms with Gasteiger partial charge in [-0.1, -0.05) is 29.8 Å². The zero-order valence-corrected chi connectivity index (χ0v) is 16.7. The number of aryl methyl sites for hydroxylation is 1. The Morgan fingerprint density at radius 2 is 2.11 bits per heavy atom. The number of halogens is 1. The second-order valence-corrected chi connectivity index (χ2v) is 7.54. The molecule has 1 aliphatic heterocycles. The number of nitrogens with one attached hydrogen (secondary N) is 1. The quantitative estimate of drug-likeness (QED) is 0.773. The molecule has 0 saturated carbocycles. The van der Waals surface area contributed by atoms with Gasteiger partial charge in [0.15, 0.2) is 6.61 Å². The molecular formula is C22H24ClN3O2. The Kier molecular flexibility index (Phi) is 6.78. The van der Waals surface area contributed by atoms with Crippen molar-refractivity contribution in [3.8, 4) is 11.8 Å². The van der Waals surface area contributed by atoms with Gasteiger partial charge in [-0.3, -0.25) is 4.79 Å². The molecule has 1 saturated heterocycles. The third kappa shape index (κ3) is 5.40. The van der Waals surface area contributed by atoms with Gasteiger partial charge < -0.3 is 15.0 Å². The lowest BCUT2D eigenvalue weighted by atomic mass is 10.1. The van der Waals surface area contributed by atoms with E-state index < -0.39 is 0 Å². The fourth-order valence-corrected chi connectivity index (χ4v) is 3.56. The molecular weight excluding hydrogens is 374 g/mol. The number of anilines is 1. The molecule has 1 atom stereocenters. The SMILES string of the molecule is Cc1ccc(Cl)cc1N1CCC(CNC(=O)COc2ccc(CC#N)cc2)C1. The number of carbonyl (C=O) groups excluding carboxylic acids is 1. The lowest BCUT2D eigenvalue weighted by Crippen LogP contribution is -2.34. The molecule has 28 heavy (non-hydrogen) atoms. The zero-order chi connectivity index (χ0) is 19.9. The van der Waals surface area contributed by atoms with E-state index in [-0.39, 0.29) is 12.5 Å². The molecule has 2 aromatic carbocycles. The molecule has 0 spiro atoms. The van der Waals surface area contributed by atoms with Crippen LogP contribution in [0.3, 0.4) is 0 Å². The van der Waals surface area contributed by atoms with Gasteiger partial charge in [-0.2, -0.15) is 5.26 Å². The van der Waals surface area contributed by atoms with Crippen molar-refractivity contribution >= 4 is 23.2 Å². The standard InChI is InChI=1S/C22H24ClN3O2/c1-16-2-5-19(23)12-21(16)26-11-9-18(14-26)13-25-22(27)15-28-20-6-3-17(4-7-20)8-10-24/h2-7,12,18H,8-9,11,13-15H2,1H3,(H,25,27). The second-order valence-electron chi connectivity index (χ2n) is 7.10. The van der Waals surface area contributed by atoms with Crippen molar-refractivity contribution in [2.75, 3.05) is 31.1 Å². The van der Waals surface area contributed by atoms with Crippen LogP contribution in [0.5, 0.6) is 5.75 Å². The minimum atomic E-state index is -0.126. The number of nitriles is 1. The summed E-state index contributed by atoms with van der Waals surface area (Å²) in [5.74, 6) is 0.909. The normalized spacial score (nSPS) is 15.9. The summed E-state index contributed by atoms with van der Waals surface area (Å²) in [6.07, 6.45) is 1.40. The highest BCUT2D eigenvalue weighted by Crippen LogP contribution is 2.29. The van der Waals surface area contributed by atoms with Gasteiger partial charge in [-0.15, -0.1) is 0 Å². The van der Waals surface area contributed by atoms with Crippen LogP contribution in [-0.2, 0) is 11.2 Å². The Morgan fingerprint density at radius 1 is 1.32 bits per heavy atom. The molecule has 5 nitrogen and oxygen atoms in total. The summed E-state index contributed by atoms with van der Waals surface area (Å²) in [4.78, 5) is 14.4. The number of ether oxygens (including phenoxy) is 1.